The number of hydrogen-bond donors (Lipinski definition) is 1. The molecule has 0 saturated carbocycles. The maximum absolute atomic E-state index is 12.8. The molecule has 1 amide bonds. The highest BCUT2D eigenvalue weighted by Crippen LogP contribution is 2.44. The van der Waals surface area contributed by atoms with E-state index in [1.807, 2.05) is 25.1 Å². The Morgan fingerprint density at radius 2 is 1.71 bits per heavy atom. The summed E-state index contributed by atoms with van der Waals surface area (Å²) in [6.07, 6.45) is 3.67. The maximum Gasteiger partial charge on any atom is 0.407 e. The predicted octanol–water partition coefficient (Wildman–Crippen LogP) is 6.45. The molecule has 38 heavy (non-hydrogen) atoms. The second-order valence-electron chi connectivity index (χ2n) is 9.63. The van der Waals surface area contributed by atoms with Crippen LogP contribution in [0.1, 0.15) is 49.2 Å². The molecule has 1 aliphatic carbocycles. The molecule has 1 heterocycles. The molecule has 6 heteroatoms. The number of aromatic nitrogens is 2. The Morgan fingerprint density at radius 3 is 2.37 bits per heavy atom. The summed E-state index contributed by atoms with van der Waals surface area (Å²) in [4.78, 5) is 20.1. The molecule has 0 fully saturated rings. The second-order valence-corrected chi connectivity index (χ2v) is 9.63. The zero-order valence-electron chi connectivity index (χ0n) is 22.5. The highest BCUT2D eigenvalue weighted by Gasteiger charge is 2.29. The van der Waals surface area contributed by atoms with Gasteiger partial charge in [-0.05, 0) is 60.0 Å². The van der Waals surface area contributed by atoms with Gasteiger partial charge in [-0.2, -0.15) is 0 Å². The van der Waals surface area contributed by atoms with Crippen molar-refractivity contribution in [3.05, 3.63) is 95.3 Å². The molecular formula is C32H36N4O2. The standard InChI is InChI=1S/C32H36N4O2/c1-4-11-23-16-17-30-29(20-23)34-31(36(30)19-18-35(5-2)6-3)21-33-32(37)38-22-28-26-14-9-7-12-24(26)25-13-8-10-15-27(25)28/h4,7-17,20,28H,5-6,18-19,21-22H2,1-3H3,(H,33,37)/b11-4+. The van der Waals surface area contributed by atoms with Crippen LogP contribution in [-0.2, 0) is 17.8 Å². The van der Waals surface area contributed by atoms with Crippen LogP contribution in [0.2, 0.25) is 0 Å². The second kappa shape index (κ2) is 11.7. The van der Waals surface area contributed by atoms with Crippen molar-refractivity contribution in [2.24, 2.45) is 0 Å². The third-order valence-corrected chi connectivity index (χ3v) is 7.48. The van der Waals surface area contributed by atoms with Crippen molar-refractivity contribution in [1.82, 2.24) is 19.8 Å². The molecule has 5 rings (SSSR count). The summed E-state index contributed by atoms with van der Waals surface area (Å²) in [5.41, 5.74) is 7.98. The van der Waals surface area contributed by atoms with Crippen LogP contribution in [0.3, 0.4) is 0 Å². The minimum absolute atomic E-state index is 0.0387. The SMILES string of the molecule is C/C=C/c1ccc2c(c1)nc(CNC(=O)OCC1c3ccccc3-c3ccccc31)n2CCN(CC)CC. The van der Waals surface area contributed by atoms with Crippen molar-refractivity contribution in [2.45, 2.75) is 39.8 Å². The number of amides is 1. The Balaban J connectivity index is 1.29. The Morgan fingerprint density at radius 1 is 1.03 bits per heavy atom. The minimum Gasteiger partial charge on any atom is -0.449 e. The van der Waals surface area contributed by atoms with Crippen molar-refractivity contribution in [3.63, 3.8) is 0 Å². The molecule has 196 valence electrons. The van der Waals surface area contributed by atoms with Crippen molar-refractivity contribution >= 4 is 23.2 Å². The molecule has 0 saturated heterocycles. The number of imidazole rings is 1. The van der Waals surface area contributed by atoms with Crippen molar-refractivity contribution in [2.75, 3.05) is 26.2 Å². The molecule has 0 aliphatic heterocycles. The number of likely N-dealkylation sites (N-methyl/N-ethyl adjacent to an activating group) is 1. The molecule has 3 aromatic carbocycles. The van der Waals surface area contributed by atoms with Crippen molar-refractivity contribution in [3.8, 4) is 11.1 Å². The number of benzene rings is 3. The fourth-order valence-corrected chi connectivity index (χ4v) is 5.46. The van der Waals surface area contributed by atoms with E-state index in [-0.39, 0.29) is 5.92 Å². The van der Waals surface area contributed by atoms with Crippen LogP contribution in [0.25, 0.3) is 28.2 Å². The summed E-state index contributed by atoms with van der Waals surface area (Å²) in [5.74, 6) is 0.870. The third-order valence-electron chi connectivity index (χ3n) is 7.48. The topological polar surface area (TPSA) is 59.4 Å². The number of carbonyl (C=O) groups excluding carboxylic acids is 1. The van der Waals surface area contributed by atoms with Crippen LogP contribution in [-0.4, -0.2) is 46.8 Å². The highest BCUT2D eigenvalue weighted by molar-refractivity contribution is 5.80. The van der Waals surface area contributed by atoms with Gasteiger partial charge in [0, 0.05) is 19.0 Å². The first-order chi connectivity index (χ1) is 18.6. The molecule has 1 aromatic heterocycles. The number of fused-ring (bicyclic) bond motifs is 4. The first-order valence-electron chi connectivity index (χ1n) is 13.6. The quantitative estimate of drug-likeness (QED) is 0.267. The van der Waals surface area contributed by atoms with Gasteiger partial charge in [0.1, 0.15) is 12.4 Å². The van der Waals surface area contributed by atoms with Gasteiger partial charge >= 0.3 is 6.09 Å². The van der Waals surface area contributed by atoms with E-state index in [0.717, 1.165) is 48.6 Å². The molecule has 0 spiro atoms. The number of alkyl carbamates (subject to hydrolysis) is 1. The number of nitrogens with zero attached hydrogens (tertiary/aromatic N) is 3. The lowest BCUT2D eigenvalue weighted by molar-refractivity contribution is 0.142. The Bertz CT molecular complexity index is 1410. The zero-order chi connectivity index (χ0) is 26.5. The molecule has 0 unspecified atom stereocenters. The van der Waals surface area contributed by atoms with Crippen molar-refractivity contribution < 1.29 is 9.53 Å². The van der Waals surface area contributed by atoms with Gasteiger partial charge in [-0.1, -0.05) is 80.6 Å². The van der Waals surface area contributed by atoms with E-state index >= 15 is 0 Å². The van der Waals surface area contributed by atoms with Crippen LogP contribution >= 0.6 is 0 Å². The van der Waals surface area contributed by atoms with Crippen LogP contribution in [0.15, 0.2) is 72.8 Å². The normalized spacial score (nSPS) is 12.8. The summed E-state index contributed by atoms with van der Waals surface area (Å²) in [6, 6.07) is 23.1. The summed E-state index contributed by atoms with van der Waals surface area (Å²) < 4.78 is 7.97. The number of carbonyl (C=O) groups is 1. The van der Waals surface area contributed by atoms with E-state index in [2.05, 4.69) is 89.3 Å². The first-order valence-corrected chi connectivity index (χ1v) is 13.6. The van der Waals surface area contributed by atoms with Gasteiger partial charge in [-0.15, -0.1) is 0 Å². The van der Waals surface area contributed by atoms with Gasteiger partial charge in [0.15, 0.2) is 0 Å². The number of nitrogens with one attached hydrogen (secondary N) is 1. The van der Waals surface area contributed by atoms with Gasteiger partial charge < -0.3 is 19.5 Å². The van der Waals surface area contributed by atoms with Crippen LogP contribution in [0, 0.1) is 0 Å². The van der Waals surface area contributed by atoms with E-state index in [1.54, 1.807) is 0 Å². The van der Waals surface area contributed by atoms with Gasteiger partial charge in [0.25, 0.3) is 0 Å². The summed E-state index contributed by atoms with van der Waals surface area (Å²) in [6.45, 7) is 10.7. The van der Waals surface area contributed by atoms with Gasteiger partial charge in [0.05, 0.1) is 17.6 Å². The largest absolute Gasteiger partial charge is 0.449 e. The lowest BCUT2D eigenvalue weighted by Gasteiger charge is -2.19. The monoisotopic (exact) mass is 508 g/mol. The summed E-state index contributed by atoms with van der Waals surface area (Å²) >= 11 is 0. The Kier molecular flexibility index (Phi) is 7.89. The zero-order valence-corrected chi connectivity index (χ0v) is 22.5. The molecule has 0 radical (unpaired) electrons. The molecule has 6 nitrogen and oxygen atoms in total. The first kappa shape index (κ1) is 25.7. The minimum atomic E-state index is -0.427. The lowest BCUT2D eigenvalue weighted by Crippen LogP contribution is -2.29. The van der Waals surface area contributed by atoms with E-state index < -0.39 is 6.09 Å². The van der Waals surface area contributed by atoms with Crippen LogP contribution in [0.4, 0.5) is 4.79 Å². The fourth-order valence-electron chi connectivity index (χ4n) is 5.46. The van der Waals surface area contributed by atoms with E-state index in [0.29, 0.717) is 13.2 Å². The average Bonchev–Trinajstić information content (AvgIpc) is 3.46. The molecule has 1 N–H and O–H groups in total. The lowest BCUT2D eigenvalue weighted by atomic mass is 9.98. The molecular weight excluding hydrogens is 472 g/mol. The highest BCUT2D eigenvalue weighted by atomic mass is 16.5. The fraction of sp³-hybridized carbons (Fsp3) is 0.312. The third kappa shape index (κ3) is 5.22. The number of hydrogen-bond acceptors (Lipinski definition) is 4. The van der Waals surface area contributed by atoms with Gasteiger partial charge in [-0.25, -0.2) is 9.78 Å². The average molecular weight is 509 g/mol. The molecule has 1 aliphatic rings. The molecule has 4 aromatic rings. The maximum atomic E-state index is 12.8. The predicted molar refractivity (Wildman–Crippen MR) is 154 cm³/mol. The Hall–Kier alpha value is -3.90. The number of allylic oxidation sites excluding steroid dienone is 1. The summed E-state index contributed by atoms with van der Waals surface area (Å²) in [7, 11) is 0. The van der Waals surface area contributed by atoms with Gasteiger partial charge in [0.2, 0.25) is 0 Å². The number of ether oxygens (including phenoxy) is 1. The van der Waals surface area contributed by atoms with E-state index in [4.69, 9.17) is 9.72 Å². The van der Waals surface area contributed by atoms with E-state index in [9.17, 15) is 4.79 Å². The summed E-state index contributed by atoms with van der Waals surface area (Å²) in [5, 5.41) is 2.96. The smallest absolute Gasteiger partial charge is 0.407 e. The van der Waals surface area contributed by atoms with Gasteiger partial charge in [-0.3, -0.25) is 0 Å². The van der Waals surface area contributed by atoms with Crippen molar-refractivity contribution in [1.29, 1.82) is 0 Å². The van der Waals surface area contributed by atoms with E-state index in [1.165, 1.54) is 22.3 Å². The molecule has 0 bridgehead atoms. The Labute approximate surface area is 224 Å². The van der Waals surface area contributed by atoms with Crippen LogP contribution in [0.5, 0.6) is 0 Å². The van der Waals surface area contributed by atoms with Crippen LogP contribution < -0.4 is 5.32 Å². The molecule has 0 atom stereocenters. The number of rotatable bonds is 10.